The van der Waals surface area contributed by atoms with E-state index in [4.69, 9.17) is 20.1 Å². The van der Waals surface area contributed by atoms with Crippen LogP contribution in [0.4, 0.5) is 13.2 Å². The first-order valence-corrected chi connectivity index (χ1v) is 13.4. The second kappa shape index (κ2) is 12.1. The van der Waals surface area contributed by atoms with E-state index in [1.54, 1.807) is 0 Å². The minimum absolute atomic E-state index is 0.100. The molecule has 1 amide bonds. The van der Waals surface area contributed by atoms with Crippen LogP contribution < -0.4 is 5.32 Å². The van der Waals surface area contributed by atoms with Gasteiger partial charge in [0.15, 0.2) is 0 Å². The van der Waals surface area contributed by atoms with Gasteiger partial charge in [-0.05, 0) is 74.4 Å². The summed E-state index contributed by atoms with van der Waals surface area (Å²) in [6, 6.07) is 14.4. The number of aromatic amines is 1. The van der Waals surface area contributed by atoms with Gasteiger partial charge in [0.25, 0.3) is 5.91 Å². The summed E-state index contributed by atoms with van der Waals surface area (Å²) >= 11 is 0. The van der Waals surface area contributed by atoms with Crippen molar-refractivity contribution in [2.75, 3.05) is 19.6 Å². The number of nitrogens with one attached hydrogen (secondary N) is 2. The van der Waals surface area contributed by atoms with Crippen LogP contribution in [0.15, 0.2) is 36.4 Å². The van der Waals surface area contributed by atoms with E-state index in [2.05, 4.69) is 48.4 Å². The molecular formula is C30H32F3N5O3. The number of nitrogens with zero attached hydrogens (tertiary/aromatic N) is 3. The molecule has 1 unspecified atom stereocenters. The van der Waals surface area contributed by atoms with Crippen molar-refractivity contribution in [3.63, 3.8) is 0 Å². The Bertz CT molecular complexity index is 1470. The molecule has 0 aliphatic carbocycles. The predicted molar refractivity (Wildman–Crippen MR) is 146 cm³/mol. The normalized spacial score (nSPS) is 17.2. The third-order valence-electron chi connectivity index (χ3n) is 7.64. The van der Waals surface area contributed by atoms with Gasteiger partial charge < -0.3 is 20.3 Å². The van der Waals surface area contributed by atoms with Crippen molar-refractivity contribution < 1.29 is 27.9 Å². The zero-order chi connectivity index (χ0) is 29.9. The van der Waals surface area contributed by atoms with Crippen molar-refractivity contribution in [2.45, 2.75) is 58.2 Å². The molecule has 5 rings (SSSR count). The summed E-state index contributed by atoms with van der Waals surface area (Å²) in [5, 5.41) is 19.6. The maximum Gasteiger partial charge on any atom is 0.490 e. The van der Waals surface area contributed by atoms with Crippen LogP contribution in [0, 0.1) is 25.2 Å². The standard InChI is InChI=1S/C28H31N5O.C2HF3O2/c1-17-14-18(2)24(15-23(17)27-31-25-8-11-30-19(3)26(25)32-27)28(34)33-12-9-22(10-13-33)21-6-4-20(16-29)5-7-21;3-2(4,5)1(6)7/h4-7,14-15,19,22,30H,8-13H2,1-3H3,(H,31,32);(H,6,7). The molecule has 1 aromatic heterocycles. The number of nitriles is 1. The van der Waals surface area contributed by atoms with Gasteiger partial charge >= 0.3 is 12.1 Å². The lowest BCUT2D eigenvalue weighted by molar-refractivity contribution is -0.192. The predicted octanol–water partition coefficient (Wildman–Crippen LogP) is 5.43. The number of aryl methyl sites for hydroxylation is 2. The summed E-state index contributed by atoms with van der Waals surface area (Å²) < 4.78 is 31.7. The number of likely N-dealkylation sites (tertiary alicyclic amines) is 1. The van der Waals surface area contributed by atoms with Crippen molar-refractivity contribution in [2.24, 2.45) is 0 Å². The Labute approximate surface area is 236 Å². The Hall–Kier alpha value is -4.17. The second-order valence-electron chi connectivity index (χ2n) is 10.5. The van der Waals surface area contributed by atoms with Crippen LogP contribution in [0.25, 0.3) is 11.4 Å². The number of aromatic nitrogens is 2. The molecule has 11 heteroatoms. The molecule has 0 radical (unpaired) electrons. The Kier molecular flexibility index (Phi) is 8.83. The average Bonchev–Trinajstić information content (AvgIpc) is 3.38. The maximum absolute atomic E-state index is 13.5. The van der Waals surface area contributed by atoms with Crippen molar-refractivity contribution in [1.82, 2.24) is 20.2 Å². The highest BCUT2D eigenvalue weighted by Gasteiger charge is 2.38. The summed E-state index contributed by atoms with van der Waals surface area (Å²) in [5.41, 5.74) is 8.11. The van der Waals surface area contributed by atoms with Crippen molar-refractivity contribution in [1.29, 1.82) is 5.26 Å². The fraction of sp³-hybridized carbons (Fsp3) is 0.400. The zero-order valence-electron chi connectivity index (χ0n) is 23.1. The number of imidazole rings is 1. The number of carbonyl (C=O) groups is 2. The first-order chi connectivity index (χ1) is 19.4. The monoisotopic (exact) mass is 567 g/mol. The number of carboxylic acids is 1. The molecule has 0 bridgehead atoms. The molecule has 216 valence electrons. The molecule has 1 fully saturated rings. The minimum Gasteiger partial charge on any atom is -0.475 e. The number of benzene rings is 2. The van der Waals surface area contributed by atoms with Crippen LogP contribution in [0.1, 0.15) is 75.7 Å². The molecule has 2 aliphatic rings. The Morgan fingerprint density at radius 1 is 1.10 bits per heavy atom. The number of hydrogen-bond donors (Lipinski definition) is 3. The number of H-pyrrole nitrogens is 1. The van der Waals surface area contributed by atoms with Gasteiger partial charge in [-0.25, -0.2) is 9.78 Å². The van der Waals surface area contributed by atoms with Crippen molar-refractivity contribution in [3.05, 3.63) is 75.6 Å². The number of rotatable bonds is 3. The zero-order valence-corrected chi connectivity index (χ0v) is 23.1. The quantitative estimate of drug-likeness (QED) is 0.388. The third-order valence-corrected chi connectivity index (χ3v) is 7.64. The van der Waals surface area contributed by atoms with Gasteiger partial charge in [-0.2, -0.15) is 18.4 Å². The lowest BCUT2D eigenvalue weighted by Gasteiger charge is -2.32. The van der Waals surface area contributed by atoms with Crippen molar-refractivity contribution >= 4 is 11.9 Å². The van der Waals surface area contributed by atoms with Crippen LogP contribution >= 0.6 is 0 Å². The van der Waals surface area contributed by atoms with Gasteiger partial charge in [-0.3, -0.25) is 4.79 Å². The third kappa shape index (κ3) is 6.77. The first kappa shape index (κ1) is 29.8. The smallest absolute Gasteiger partial charge is 0.475 e. The maximum atomic E-state index is 13.5. The molecule has 1 saturated heterocycles. The van der Waals surface area contributed by atoms with Crippen molar-refractivity contribution in [3.8, 4) is 17.5 Å². The molecule has 2 aromatic carbocycles. The molecule has 41 heavy (non-hydrogen) atoms. The number of aliphatic carboxylic acids is 1. The van der Waals surface area contributed by atoms with Gasteiger partial charge in [-0.15, -0.1) is 0 Å². The molecule has 3 aromatic rings. The van der Waals surface area contributed by atoms with Gasteiger partial charge in [0.1, 0.15) is 5.82 Å². The van der Waals surface area contributed by atoms with Crippen LogP contribution in [-0.4, -0.2) is 57.7 Å². The number of carbonyl (C=O) groups excluding carboxylic acids is 1. The van der Waals surface area contributed by atoms with E-state index in [1.807, 2.05) is 30.0 Å². The molecule has 3 N–H and O–H groups in total. The number of amides is 1. The molecular weight excluding hydrogens is 535 g/mol. The Morgan fingerprint density at radius 2 is 1.73 bits per heavy atom. The fourth-order valence-corrected chi connectivity index (χ4v) is 5.36. The average molecular weight is 568 g/mol. The second-order valence-corrected chi connectivity index (χ2v) is 10.5. The number of hydrogen-bond acceptors (Lipinski definition) is 5. The van der Waals surface area contributed by atoms with Crippen LogP contribution in [0.3, 0.4) is 0 Å². The summed E-state index contributed by atoms with van der Waals surface area (Å²) in [6.45, 7) is 8.68. The van der Waals surface area contributed by atoms with E-state index in [0.717, 1.165) is 72.7 Å². The summed E-state index contributed by atoms with van der Waals surface area (Å²) in [6.07, 6.45) is -2.27. The van der Waals surface area contributed by atoms with Gasteiger partial charge in [0.2, 0.25) is 0 Å². The Balaban J connectivity index is 0.000000493. The van der Waals surface area contributed by atoms with E-state index in [1.165, 1.54) is 11.3 Å². The fourth-order valence-electron chi connectivity index (χ4n) is 5.36. The van der Waals surface area contributed by atoms with Crippen LogP contribution in [0.2, 0.25) is 0 Å². The lowest BCUT2D eigenvalue weighted by Crippen LogP contribution is -2.38. The molecule has 2 aliphatic heterocycles. The SMILES string of the molecule is Cc1cc(C)c(-c2nc3c([nH]2)CCNC3C)cc1C(=O)N1CCC(c2ccc(C#N)cc2)CC1.O=C(O)C(F)(F)F. The van der Waals surface area contributed by atoms with E-state index < -0.39 is 12.1 Å². The summed E-state index contributed by atoms with van der Waals surface area (Å²) in [7, 11) is 0. The molecule has 8 nitrogen and oxygen atoms in total. The molecule has 0 saturated carbocycles. The van der Waals surface area contributed by atoms with Gasteiger partial charge in [-0.1, -0.05) is 18.2 Å². The first-order valence-electron chi connectivity index (χ1n) is 13.4. The molecule has 0 spiro atoms. The van der Waals surface area contributed by atoms with Gasteiger partial charge in [0.05, 0.1) is 17.3 Å². The summed E-state index contributed by atoms with van der Waals surface area (Å²) in [4.78, 5) is 32.8. The van der Waals surface area contributed by atoms with E-state index in [-0.39, 0.29) is 11.9 Å². The highest BCUT2D eigenvalue weighted by Crippen LogP contribution is 2.32. The summed E-state index contributed by atoms with van der Waals surface area (Å²) in [5.74, 6) is -1.38. The highest BCUT2D eigenvalue weighted by atomic mass is 19.4. The number of halogens is 3. The molecule has 3 heterocycles. The lowest BCUT2D eigenvalue weighted by atomic mass is 9.88. The van der Waals surface area contributed by atoms with Gasteiger partial charge in [0, 0.05) is 48.9 Å². The highest BCUT2D eigenvalue weighted by molar-refractivity contribution is 5.97. The van der Waals surface area contributed by atoms with E-state index >= 15 is 0 Å². The number of alkyl halides is 3. The van der Waals surface area contributed by atoms with E-state index in [9.17, 15) is 18.0 Å². The largest absolute Gasteiger partial charge is 0.490 e. The topological polar surface area (TPSA) is 122 Å². The van der Waals surface area contributed by atoms with E-state index in [0.29, 0.717) is 11.5 Å². The minimum atomic E-state index is -5.08. The number of carboxylic acid groups (broad SMARTS) is 1. The van der Waals surface area contributed by atoms with Crippen LogP contribution in [0.5, 0.6) is 0 Å². The molecule has 1 atom stereocenters. The number of fused-ring (bicyclic) bond motifs is 1. The number of piperidine rings is 1. The Morgan fingerprint density at radius 3 is 2.29 bits per heavy atom. The van der Waals surface area contributed by atoms with Crippen LogP contribution in [-0.2, 0) is 11.2 Å².